The van der Waals surface area contributed by atoms with Crippen LogP contribution in [-0.4, -0.2) is 45.9 Å². The van der Waals surface area contributed by atoms with Crippen molar-refractivity contribution >= 4 is 5.91 Å². The Kier molecular flexibility index (Phi) is 7.69. The quantitative estimate of drug-likeness (QED) is 0.662. The van der Waals surface area contributed by atoms with Crippen molar-refractivity contribution in [3.63, 3.8) is 0 Å². The summed E-state index contributed by atoms with van der Waals surface area (Å²) >= 11 is 0. The number of amides is 1. The van der Waals surface area contributed by atoms with E-state index in [9.17, 15) is 4.79 Å². The van der Waals surface area contributed by atoms with Crippen molar-refractivity contribution in [3.8, 4) is 5.75 Å². The predicted molar refractivity (Wildman–Crippen MR) is 79.0 cm³/mol. The van der Waals surface area contributed by atoms with Crippen molar-refractivity contribution in [1.29, 1.82) is 0 Å². The Labute approximate surface area is 120 Å². The molecule has 0 aliphatic heterocycles. The van der Waals surface area contributed by atoms with Crippen molar-refractivity contribution in [2.75, 3.05) is 33.9 Å². The summed E-state index contributed by atoms with van der Waals surface area (Å²) in [5.41, 5.74) is 1.13. The zero-order chi connectivity index (χ0) is 14.8. The van der Waals surface area contributed by atoms with Crippen molar-refractivity contribution in [2.45, 2.75) is 19.4 Å². The minimum atomic E-state index is -0.0189. The van der Waals surface area contributed by atoms with Crippen LogP contribution in [-0.2, 0) is 16.0 Å². The van der Waals surface area contributed by atoms with Gasteiger partial charge in [0.2, 0.25) is 5.91 Å². The van der Waals surface area contributed by atoms with Gasteiger partial charge in [-0.25, -0.2) is 0 Å². The van der Waals surface area contributed by atoms with Crippen LogP contribution >= 0.6 is 0 Å². The summed E-state index contributed by atoms with van der Waals surface area (Å²) in [7, 11) is 3.28. The molecular weight excluding hydrogens is 256 g/mol. The van der Waals surface area contributed by atoms with Crippen LogP contribution in [0.2, 0.25) is 0 Å². The van der Waals surface area contributed by atoms with Gasteiger partial charge < -0.3 is 20.1 Å². The average Bonchev–Trinajstić information content (AvgIpc) is 2.44. The largest absolute Gasteiger partial charge is 0.496 e. The summed E-state index contributed by atoms with van der Waals surface area (Å²) in [6, 6.07) is 7.93. The van der Waals surface area contributed by atoms with E-state index in [1.54, 1.807) is 14.2 Å². The lowest BCUT2D eigenvalue weighted by atomic mass is 10.1. The Morgan fingerprint density at radius 2 is 2.05 bits per heavy atom. The van der Waals surface area contributed by atoms with Gasteiger partial charge in [-0.15, -0.1) is 0 Å². The van der Waals surface area contributed by atoms with Crippen LogP contribution in [0, 0.1) is 0 Å². The number of methoxy groups -OCH3 is 2. The summed E-state index contributed by atoms with van der Waals surface area (Å²) in [5, 5.41) is 5.97. The number of rotatable bonds is 9. The van der Waals surface area contributed by atoms with E-state index in [2.05, 4.69) is 10.6 Å². The standard InChI is InChI=1S/C15H24N2O3/c1-12(11-19-2)17-15(18)10-16-9-8-13-6-4-5-7-14(13)20-3/h4-7,12,16H,8-11H2,1-3H3,(H,17,18). The summed E-state index contributed by atoms with van der Waals surface area (Å²) in [5.74, 6) is 0.863. The smallest absolute Gasteiger partial charge is 0.234 e. The molecule has 5 nitrogen and oxygen atoms in total. The molecule has 0 spiro atoms. The van der Waals surface area contributed by atoms with Crippen LogP contribution in [0.3, 0.4) is 0 Å². The number of hydrogen-bond acceptors (Lipinski definition) is 4. The molecule has 1 atom stereocenters. The van der Waals surface area contributed by atoms with Crippen molar-refractivity contribution in [2.24, 2.45) is 0 Å². The van der Waals surface area contributed by atoms with Crippen LogP contribution < -0.4 is 15.4 Å². The van der Waals surface area contributed by atoms with Crippen molar-refractivity contribution in [3.05, 3.63) is 29.8 Å². The zero-order valence-corrected chi connectivity index (χ0v) is 12.4. The van der Waals surface area contributed by atoms with Gasteiger partial charge in [-0.2, -0.15) is 0 Å². The first kappa shape index (κ1) is 16.5. The van der Waals surface area contributed by atoms with Crippen molar-refractivity contribution in [1.82, 2.24) is 10.6 Å². The highest BCUT2D eigenvalue weighted by Crippen LogP contribution is 2.16. The average molecular weight is 280 g/mol. The molecule has 0 heterocycles. The monoisotopic (exact) mass is 280 g/mol. The van der Waals surface area contributed by atoms with E-state index in [1.807, 2.05) is 31.2 Å². The molecule has 1 unspecified atom stereocenters. The van der Waals surface area contributed by atoms with E-state index >= 15 is 0 Å². The third-order valence-corrected chi connectivity index (χ3v) is 2.87. The lowest BCUT2D eigenvalue weighted by Crippen LogP contribution is -2.41. The number of para-hydroxylation sites is 1. The first-order valence-electron chi connectivity index (χ1n) is 6.78. The molecule has 1 amide bonds. The number of carbonyl (C=O) groups excluding carboxylic acids is 1. The van der Waals surface area contributed by atoms with Gasteiger partial charge in [-0.3, -0.25) is 4.79 Å². The first-order valence-corrected chi connectivity index (χ1v) is 6.78. The van der Waals surface area contributed by atoms with E-state index in [1.165, 1.54) is 0 Å². The number of hydrogen-bond donors (Lipinski definition) is 2. The fourth-order valence-corrected chi connectivity index (χ4v) is 1.95. The SMILES string of the molecule is COCC(C)NC(=O)CNCCc1ccccc1OC. The lowest BCUT2D eigenvalue weighted by Gasteiger charge is -2.13. The third kappa shape index (κ3) is 6.04. The second-order valence-corrected chi connectivity index (χ2v) is 4.66. The Balaban J connectivity index is 2.23. The van der Waals surface area contributed by atoms with Crippen LogP contribution in [0.1, 0.15) is 12.5 Å². The molecule has 0 radical (unpaired) electrons. The van der Waals surface area contributed by atoms with Gasteiger partial charge in [0.25, 0.3) is 0 Å². The maximum absolute atomic E-state index is 11.6. The normalized spacial score (nSPS) is 11.9. The fourth-order valence-electron chi connectivity index (χ4n) is 1.95. The summed E-state index contributed by atoms with van der Waals surface area (Å²) < 4.78 is 10.2. The molecule has 20 heavy (non-hydrogen) atoms. The number of nitrogens with one attached hydrogen (secondary N) is 2. The van der Waals surface area contributed by atoms with E-state index < -0.39 is 0 Å². The molecule has 1 rings (SSSR count). The summed E-state index contributed by atoms with van der Waals surface area (Å²) in [6.45, 7) is 3.47. The highest BCUT2D eigenvalue weighted by atomic mass is 16.5. The molecule has 0 saturated heterocycles. The summed E-state index contributed by atoms with van der Waals surface area (Å²) in [4.78, 5) is 11.6. The molecule has 0 aromatic heterocycles. The molecule has 5 heteroatoms. The van der Waals surface area contributed by atoms with Gasteiger partial charge >= 0.3 is 0 Å². The van der Waals surface area contributed by atoms with E-state index in [0.29, 0.717) is 13.2 Å². The number of carbonyl (C=O) groups is 1. The summed E-state index contributed by atoms with van der Waals surface area (Å²) in [6.07, 6.45) is 0.824. The highest BCUT2D eigenvalue weighted by molar-refractivity contribution is 5.78. The van der Waals surface area contributed by atoms with E-state index in [-0.39, 0.29) is 11.9 Å². The molecule has 0 bridgehead atoms. The maximum atomic E-state index is 11.6. The third-order valence-electron chi connectivity index (χ3n) is 2.87. The lowest BCUT2D eigenvalue weighted by molar-refractivity contribution is -0.121. The molecular formula is C15H24N2O3. The number of benzene rings is 1. The van der Waals surface area contributed by atoms with Crippen LogP contribution in [0.15, 0.2) is 24.3 Å². The Morgan fingerprint density at radius 3 is 2.75 bits per heavy atom. The Bertz CT molecular complexity index is 410. The molecule has 0 saturated carbocycles. The molecule has 112 valence electrons. The van der Waals surface area contributed by atoms with Crippen LogP contribution in [0.5, 0.6) is 5.75 Å². The maximum Gasteiger partial charge on any atom is 0.234 e. The second kappa shape index (κ2) is 9.34. The van der Waals surface area contributed by atoms with Crippen molar-refractivity contribution < 1.29 is 14.3 Å². The molecule has 1 aromatic rings. The molecule has 0 fully saturated rings. The zero-order valence-electron chi connectivity index (χ0n) is 12.4. The van der Waals surface area contributed by atoms with E-state index in [0.717, 1.165) is 24.3 Å². The van der Waals surface area contributed by atoms with Gasteiger partial charge in [0.05, 0.1) is 20.3 Å². The molecule has 0 aliphatic rings. The molecule has 2 N–H and O–H groups in total. The minimum absolute atomic E-state index is 0.0189. The minimum Gasteiger partial charge on any atom is -0.496 e. The topological polar surface area (TPSA) is 59.6 Å². The van der Waals surface area contributed by atoms with Crippen LogP contribution in [0.25, 0.3) is 0 Å². The Hall–Kier alpha value is -1.59. The van der Waals surface area contributed by atoms with Gasteiger partial charge in [0, 0.05) is 13.2 Å². The predicted octanol–water partition coefficient (Wildman–Crippen LogP) is 0.978. The van der Waals surface area contributed by atoms with E-state index in [4.69, 9.17) is 9.47 Å². The van der Waals surface area contributed by atoms with Gasteiger partial charge in [-0.05, 0) is 31.5 Å². The first-order chi connectivity index (χ1) is 9.67. The molecule has 1 aromatic carbocycles. The fraction of sp³-hybridized carbons (Fsp3) is 0.533. The Morgan fingerprint density at radius 1 is 1.30 bits per heavy atom. The number of ether oxygens (including phenoxy) is 2. The second-order valence-electron chi connectivity index (χ2n) is 4.66. The molecule has 0 aliphatic carbocycles. The van der Waals surface area contributed by atoms with Gasteiger partial charge in [-0.1, -0.05) is 18.2 Å². The van der Waals surface area contributed by atoms with Gasteiger partial charge in [0.1, 0.15) is 5.75 Å². The van der Waals surface area contributed by atoms with Gasteiger partial charge in [0.15, 0.2) is 0 Å². The van der Waals surface area contributed by atoms with Crippen LogP contribution in [0.4, 0.5) is 0 Å². The highest BCUT2D eigenvalue weighted by Gasteiger charge is 2.06.